The fraction of sp³-hybridized carbons (Fsp3) is 0.859. The lowest BCUT2D eigenvalue weighted by molar-refractivity contribution is -0.379. The monoisotopic (exact) mass is 1570 g/mol. The molecule has 0 spiro atoms. The average Bonchev–Trinajstić information content (AvgIpc) is 0.780. The van der Waals surface area contributed by atoms with Gasteiger partial charge in [0.1, 0.15) is 73.2 Å². The van der Waals surface area contributed by atoms with Gasteiger partial charge >= 0.3 is 0 Å². The number of rotatable bonds is 74. The molecule has 17 unspecified atom stereocenters. The molecule has 19 nitrogen and oxygen atoms in total. The van der Waals surface area contributed by atoms with Gasteiger partial charge in [-0.1, -0.05) is 356 Å². The molecule has 3 heterocycles. The van der Waals surface area contributed by atoms with Crippen LogP contribution < -0.4 is 5.32 Å². The minimum Gasteiger partial charge on any atom is -0.394 e. The quantitative estimate of drug-likeness (QED) is 0.0199. The van der Waals surface area contributed by atoms with Gasteiger partial charge in [0.25, 0.3) is 0 Å². The van der Waals surface area contributed by atoms with Gasteiger partial charge in [-0.2, -0.15) is 0 Å². The summed E-state index contributed by atoms with van der Waals surface area (Å²) in [6.07, 6.45) is 69.3. The SMILES string of the molecule is CCCCCCC/C=C\C/C=C\C/C=C\CCCCCCCCCCCCCCCCCCCCCCCCCCCCC(=O)NC(COC1OC(CO)C(OC2OC(CO)C(OC3OC(CO)C(O)C(O)C3O)C(O)C2O)C(O)C1O)C(O)/C=C/CC/C=C/CC/C=C/CCCCCCCCCCCCCCCCC. The Morgan fingerprint density at radius 1 is 0.324 bits per heavy atom. The Labute approximate surface area is 674 Å². The van der Waals surface area contributed by atoms with Gasteiger partial charge < -0.3 is 89.9 Å². The van der Waals surface area contributed by atoms with E-state index in [1.54, 1.807) is 6.08 Å². The Kier molecular flexibility index (Phi) is 65.8. The highest BCUT2D eigenvalue weighted by molar-refractivity contribution is 5.76. The van der Waals surface area contributed by atoms with Gasteiger partial charge in [-0.3, -0.25) is 4.79 Å². The van der Waals surface area contributed by atoms with E-state index in [0.717, 1.165) is 57.8 Å². The summed E-state index contributed by atoms with van der Waals surface area (Å²) in [5.41, 5.74) is 0. The number of amides is 1. The molecule has 648 valence electrons. The topological polar surface area (TPSA) is 307 Å². The molecule has 1 amide bonds. The summed E-state index contributed by atoms with van der Waals surface area (Å²) in [6, 6.07) is -0.999. The summed E-state index contributed by atoms with van der Waals surface area (Å²) < 4.78 is 34.5. The van der Waals surface area contributed by atoms with Crippen molar-refractivity contribution in [3.05, 3.63) is 72.9 Å². The lowest BCUT2D eigenvalue weighted by Crippen LogP contribution is -2.66. The molecule has 3 aliphatic heterocycles. The van der Waals surface area contributed by atoms with Gasteiger partial charge in [0, 0.05) is 6.42 Å². The van der Waals surface area contributed by atoms with E-state index in [4.69, 9.17) is 28.4 Å². The molecule has 111 heavy (non-hydrogen) atoms. The zero-order chi connectivity index (χ0) is 80.3. The smallest absolute Gasteiger partial charge is 0.220 e. The molecule has 3 fully saturated rings. The van der Waals surface area contributed by atoms with Crippen molar-refractivity contribution in [3.63, 3.8) is 0 Å². The van der Waals surface area contributed by atoms with Crippen LogP contribution in [0.1, 0.15) is 373 Å². The van der Waals surface area contributed by atoms with Crippen LogP contribution >= 0.6 is 0 Å². The third-order valence-electron chi connectivity index (χ3n) is 22.5. The van der Waals surface area contributed by atoms with Crippen LogP contribution in [0.25, 0.3) is 0 Å². The first-order valence-corrected chi connectivity index (χ1v) is 45.7. The van der Waals surface area contributed by atoms with E-state index in [1.807, 2.05) is 6.08 Å². The number of aliphatic hydroxyl groups excluding tert-OH is 11. The van der Waals surface area contributed by atoms with Crippen molar-refractivity contribution >= 4 is 5.91 Å². The van der Waals surface area contributed by atoms with Crippen molar-refractivity contribution in [2.75, 3.05) is 26.4 Å². The molecule has 0 aromatic heterocycles. The number of aliphatic hydroxyl groups is 11. The molecular weight excluding hydrogens is 1410 g/mol. The zero-order valence-electron chi connectivity index (χ0n) is 69.9. The molecule has 0 aliphatic carbocycles. The number of ether oxygens (including phenoxy) is 6. The summed E-state index contributed by atoms with van der Waals surface area (Å²) in [6.45, 7) is 1.75. The van der Waals surface area contributed by atoms with Gasteiger partial charge in [0.05, 0.1) is 38.6 Å². The van der Waals surface area contributed by atoms with Crippen molar-refractivity contribution in [1.29, 1.82) is 0 Å². The number of carbonyl (C=O) groups excluding carboxylic acids is 1. The van der Waals surface area contributed by atoms with Crippen molar-refractivity contribution < 1.29 is 89.4 Å². The second-order valence-electron chi connectivity index (χ2n) is 32.4. The van der Waals surface area contributed by atoms with E-state index in [0.29, 0.717) is 12.8 Å². The normalized spacial score (nSPS) is 25.4. The Morgan fingerprint density at radius 3 is 0.964 bits per heavy atom. The molecule has 12 N–H and O–H groups in total. The number of carbonyl (C=O) groups is 1. The molecule has 3 aliphatic rings. The maximum atomic E-state index is 13.5. The Balaban J connectivity index is 1.31. The number of nitrogens with one attached hydrogen (secondary N) is 1. The highest BCUT2D eigenvalue weighted by atomic mass is 16.8. The predicted molar refractivity (Wildman–Crippen MR) is 448 cm³/mol. The van der Waals surface area contributed by atoms with E-state index in [1.165, 1.54) is 283 Å². The summed E-state index contributed by atoms with van der Waals surface area (Å²) in [4.78, 5) is 13.5. The molecular formula is C92H167NO18. The predicted octanol–water partition coefficient (Wildman–Crippen LogP) is 17.5. The largest absolute Gasteiger partial charge is 0.394 e. The fourth-order valence-corrected chi connectivity index (χ4v) is 15.2. The molecule has 3 rings (SSSR count). The van der Waals surface area contributed by atoms with Crippen molar-refractivity contribution in [2.24, 2.45) is 0 Å². The van der Waals surface area contributed by atoms with Crippen LogP contribution in [0.15, 0.2) is 72.9 Å². The second kappa shape index (κ2) is 71.3. The number of hydrogen-bond donors (Lipinski definition) is 12. The van der Waals surface area contributed by atoms with Crippen LogP contribution in [0.4, 0.5) is 0 Å². The highest BCUT2D eigenvalue weighted by Gasteiger charge is 2.54. The molecule has 0 radical (unpaired) electrons. The van der Waals surface area contributed by atoms with Gasteiger partial charge in [0.2, 0.25) is 5.91 Å². The maximum absolute atomic E-state index is 13.5. The summed E-state index contributed by atoms with van der Waals surface area (Å²) in [5.74, 6) is -0.284. The van der Waals surface area contributed by atoms with Gasteiger partial charge in [-0.25, -0.2) is 0 Å². The molecule has 0 aromatic carbocycles. The lowest BCUT2D eigenvalue weighted by Gasteiger charge is -2.48. The summed E-state index contributed by atoms with van der Waals surface area (Å²) in [7, 11) is 0. The van der Waals surface area contributed by atoms with Crippen LogP contribution in [0.3, 0.4) is 0 Å². The van der Waals surface area contributed by atoms with Crippen molar-refractivity contribution in [3.8, 4) is 0 Å². The zero-order valence-corrected chi connectivity index (χ0v) is 69.9. The molecule has 19 heteroatoms. The van der Waals surface area contributed by atoms with E-state index < -0.39 is 124 Å². The summed E-state index contributed by atoms with van der Waals surface area (Å²) in [5, 5.41) is 121. The first-order valence-electron chi connectivity index (χ1n) is 45.7. The lowest BCUT2D eigenvalue weighted by atomic mass is 9.96. The van der Waals surface area contributed by atoms with Gasteiger partial charge in [0.15, 0.2) is 18.9 Å². The average molecular weight is 1580 g/mol. The third-order valence-corrected chi connectivity index (χ3v) is 22.5. The molecule has 0 saturated carbocycles. The van der Waals surface area contributed by atoms with E-state index in [2.05, 4.69) is 79.9 Å². The van der Waals surface area contributed by atoms with Crippen LogP contribution in [0, 0.1) is 0 Å². The van der Waals surface area contributed by atoms with Crippen LogP contribution in [-0.2, 0) is 33.2 Å². The Morgan fingerprint density at radius 2 is 0.604 bits per heavy atom. The van der Waals surface area contributed by atoms with Gasteiger partial charge in [-0.05, 0) is 83.5 Å². The number of hydrogen-bond acceptors (Lipinski definition) is 18. The molecule has 3 saturated heterocycles. The number of unbranched alkanes of at least 4 members (excludes halogenated alkanes) is 48. The minimum absolute atomic E-state index is 0.234. The molecule has 17 atom stereocenters. The summed E-state index contributed by atoms with van der Waals surface area (Å²) >= 11 is 0. The molecule has 0 aromatic rings. The minimum atomic E-state index is -1.98. The highest BCUT2D eigenvalue weighted by Crippen LogP contribution is 2.34. The van der Waals surface area contributed by atoms with Crippen LogP contribution in [0.5, 0.6) is 0 Å². The van der Waals surface area contributed by atoms with Crippen LogP contribution in [0.2, 0.25) is 0 Å². The number of allylic oxidation sites excluding steroid dienone is 11. The van der Waals surface area contributed by atoms with Crippen molar-refractivity contribution in [2.45, 2.75) is 478 Å². The fourth-order valence-electron chi connectivity index (χ4n) is 15.2. The Hall–Kier alpha value is -2.77. The first-order chi connectivity index (χ1) is 54.3. The third kappa shape index (κ3) is 49.9. The Bertz CT molecular complexity index is 2280. The first kappa shape index (κ1) is 102. The molecule has 0 bridgehead atoms. The maximum Gasteiger partial charge on any atom is 0.220 e. The standard InChI is InChI=1S/C92H167NO18/c1-3-5-7-9-11-13-15-17-19-21-23-25-27-29-30-31-32-33-34-35-36-37-38-39-40-41-42-43-44-46-48-50-52-54-56-58-60-62-64-66-68-70-80(98)93-75(76(97)69-67-65-63-61-59-57-55-53-51-49-47-45-28-26-24-22-20-18-16-14-12-10-8-6-4-2)74-106-90-86(104)83(101)88(78(72-95)108-90)111-92-87(105)84(102)89(79(73-96)109-92)110-91-85(103)82(100)81(99)77(71-94)107-91/h15,17,21,23,27,29,51,53,59,61,67,69,75-79,81-92,94-97,99-105H,3-14,16,18-20,22,24-26,28,30-50,52,54-58,60,62-66,68,70-74H2,1-2H3,(H,93,98)/b17-15-,23-21-,29-27-,53-51+,61-59+,69-67+. The van der Waals surface area contributed by atoms with Crippen molar-refractivity contribution in [1.82, 2.24) is 5.32 Å². The second-order valence-corrected chi connectivity index (χ2v) is 32.4. The van der Waals surface area contributed by atoms with E-state index in [9.17, 15) is 61.0 Å². The van der Waals surface area contributed by atoms with Gasteiger partial charge in [-0.15, -0.1) is 0 Å². The van der Waals surface area contributed by atoms with E-state index in [-0.39, 0.29) is 18.9 Å². The van der Waals surface area contributed by atoms with Crippen LogP contribution in [-0.4, -0.2) is 193 Å². The van der Waals surface area contributed by atoms with E-state index >= 15 is 0 Å².